The molecular formula is C8H10Br2O. The molecule has 1 rings (SSSR count). The predicted octanol–water partition coefficient (Wildman–Crippen LogP) is 3.47. The Kier molecular flexibility index (Phi) is 6.91. The molecule has 0 fully saturated rings. The fourth-order valence-electron chi connectivity index (χ4n) is 0.460. The summed E-state index contributed by atoms with van der Waals surface area (Å²) in [5.74, 6) is 0. The number of methoxy groups -OCH3 is 1. The van der Waals surface area contributed by atoms with Gasteiger partial charge in [0.05, 0.1) is 0 Å². The summed E-state index contributed by atoms with van der Waals surface area (Å²) < 4.78 is 6.46. The third-order valence-electron chi connectivity index (χ3n) is 0.787. The zero-order chi connectivity index (χ0) is 8.69. The molecule has 1 aromatic carbocycles. The first-order valence-corrected chi connectivity index (χ1v) is 4.60. The van der Waals surface area contributed by atoms with Crippen LogP contribution >= 0.6 is 31.9 Å². The Bertz CT molecular complexity index is 184. The Morgan fingerprint density at radius 2 is 1.45 bits per heavy atom. The SMILES string of the molecule is Brc1cccc(Br)c1.COC. The van der Waals surface area contributed by atoms with Crippen molar-refractivity contribution in [1.82, 2.24) is 0 Å². The van der Waals surface area contributed by atoms with Crippen molar-refractivity contribution in [2.75, 3.05) is 14.2 Å². The van der Waals surface area contributed by atoms with Crippen LogP contribution in [0.4, 0.5) is 0 Å². The van der Waals surface area contributed by atoms with Crippen molar-refractivity contribution in [3.8, 4) is 0 Å². The summed E-state index contributed by atoms with van der Waals surface area (Å²) >= 11 is 6.66. The standard InChI is InChI=1S/C6H4Br2.C2H6O/c7-5-2-1-3-6(8)4-5;1-3-2/h1-4H;1-2H3. The topological polar surface area (TPSA) is 9.23 Å². The van der Waals surface area contributed by atoms with Crippen LogP contribution in [0.3, 0.4) is 0 Å². The van der Waals surface area contributed by atoms with Crippen LogP contribution in [-0.4, -0.2) is 14.2 Å². The molecule has 0 heterocycles. The van der Waals surface area contributed by atoms with Crippen LogP contribution in [0.15, 0.2) is 33.2 Å². The lowest BCUT2D eigenvalue weighted by molar-refractivity contribution is 0.277. The zero-order valence-corrected chi connectivity index (χ0v) is 9.65. The van der Waals surface area contributed by atoms with E-state index >= 15 is 0 Å². The van der Waals surface area contributed by atoms with Crippen LogP contribution in [0.25, 0.3) is 0 Å². The molecule has 0 bridgehead atoms. The van der Waals surface area contributed by atoms with Gasteiger partial charge in [-0.2, -0.15) is 0 Å². The maximum Gasteiger partial charge on any atom is 0.0351 e. The van der Waals surface area contributed by atoms with E-state index in [4.69, 9.17) is 0 Å². The molecule has 0 radical (unpaired) electrons. The van der Waals surface area contributed by atoms with Gasteiger partial charge >= 0.3 is 0 Å². The van der Waals surface area contributed by atoms with Gasteiger partial charge in [0.15, 0.2) is 0 Å². The molecule has 0 saturated carbocycles. The number of halogens is 2. The van der Waals surface area contributed by atoms with Gasteiger partial charge in [0.2, 0.25) is 0 Å². The number of rotatable bonds is 0. The Hall–Kier alpha value is 0.140. The van der Waals surface area contributed by atoms with Crippen LogP contribution in [-0.2, 0) is 4.74 Å². The minimum atomic E-state index is 1.10. The summed E-state index contributed by atoms with van der Waals surface area (Å²) in [6.07, 6.45) is 0. The van der Waals surface area contributed by atoms with E-state index in [0.29, 0.717) is 0 Å². The fourth-order valence-corrected chi connectivity index (χ4v) is 1.57. The van der Waals surface area contributed by atoms with Gasteiger partial charge in [0.25, 0.3) is 0 Å². The van der Waals surface area contributed by atoms with Crippen molar-refractivity contribution in [3.05, 3.63) is 33.2 Å². The Morgan fingerprint density at radius 1 is 1.09 bits per heavy atom. The molecule has 0 unspecified atom stereocenters. The second kappa shape index (κ2) is 6.83. The Balaban J connectivity index is 0.000000292. The van der Waals surface area contributed by atoms with Crippen molar-refractivity contribution >= 4 is 31.9 Å². The number of hydrogen-bond acceptors (Lipinski definition) is 1. The maximum atomic E-state index is 4.25. The molecule has 1 aromatic rings. The van der Waals surface area contributed by atoms with Gasteiger partial charge in [0.1, 0.15) is 0 Å². The van der Waals surface area contributed by atoms with E-state index in [1.807, 2.05) is 24.3 Å². The number of benzene rings is 1. The first-order valence-electron chi connectivity index (χ1n) is 3.02. The molecule has 1 nitrogen and oxygen atoms in total. The van der Waals surface area contributed by atoms with Crippen LogP contribution in [0.5, 0.6) is 0 Å². The van der Waals surface area contributed by atoms with Crippen LogP contribution in [0.1, 0.15) is 0 Å². The second-order valence-corrected chi connectivity index (χ2v) is 3.68. The highest BCUT2D eigenvalue weighted by atomic mass is 79.9. The third-order valence-corrected chi connectivity index (χ3v) is 1.77. The summed E-state index contributed by atoms with van der Waals surface area (Å²) in [7, 11) is 3.25. The lowest BCUT2D eigenvalue weighted by Gasteiger charge is -1.87. The van der Waals surface area contributed by atoms with Crippen molar-refractivity contribution in [3.63, 3.8) is 0 Å². The molecule has 0 spiro atoms. The average molecular weight is 282 g/mol. The van der Waals surface area contributed by atoms with E-state index in [9.17, 15) is 0 Å². The molecule has 0 aliphatic rings. The molecule has 0 aliphatic carbocycles. The second-order valence-electron chi connectivity index (χ2n) is 1.85. The van der Waals surface area contributed by atoms with Gasteiger partial charge < -0.3 is 4.74 Å². The van der Waals surface area contributed by atoms with Crippen LogP contribution < -0.4 is 0 Å². The van der Waals surface area contributed by atoms with Crippen molar-refractivity contribution in [1.29, 1.82) is 0 Å². The molecule has 0 atom stereocenters. The lowest BCUT2D eigenvalue weighted by Crippen LogP contribution is -1.61. The summed E-state index contributed by atoms with van der Waals surface area (Å²) in [6.45, 7) is 0. The minimum absolute atomic E-state index is 1.10. The van der Waals surface area contributed by atoms with E-state index in [-0.39, 0.29) is 0 Å². The normalized spacial score (nSPS) is 8.36. The average Bonchev–Trinajstić information content (AvgIpc) is 1.88. The smallest absolute Gasteiger partial charge is 0.0351 e. The molecule has 0 amide bonds. The van der Waals surface area contributed by atoms with Gasteiger partial charge in [-0.1, -0.05) is 37.9 Å². The molecule has 0 saturated heterocycles. The highest BCUT2D eigenvalue weighted by Crippen LogP contribution is 2.15. The molecule has 3 heteroatoms. The highest BCUT2D eigenvalue weighted by molar-refractivity contribution is 9.11. The van der Waals surface area contributed by atoms with Gasteiger partial charge in [-0.05, 0) is 18.2 Å². The summed E-state index contributed by atoms with van der Waals surface area (Å²) in [4.78, 5) is 0. The molecule has 11 heavy (non-hydrogen) atoms. The van der Waals surface area contributed by atoms with E-state index in [1.165, 1.54) is 0 Å². The van der Waals surface area contributed by atoms with E-state index in [2.05, 4.69) is 36.6 Å². The van der Waals surface area contributed by atoms with Crippen molar-refractivity contribution in [2.24, 2.45) is 0 Å². The predicted molar refractivity (Wildman–Crippen MR) is 54.8 cm³/mol. The van der Waals surface area contributed by atoms with E-state index < -0.39 is 0 Å². The zero-order valence-electron chi connectivity index (χ0n) is 6.47. The van der Waals surface area contributed by atoms with Crippen LogP contribution in [0, 0.1) is 0 Å². The largest absolute Gasteiger partial charge is 0.388 e. The quantitative estimate of drug-likeness (QED) is 0.708. The van der Waals surface area contributed by atoms with Crippen molar-refractivity contribution < 1.29 is 4.74 Å². The molecule has 0 aliphatic heterocycles. The first-order chi connectivity index (χ1) is 5.20. The number of hydrogen-bond donors (Lipinski definition) is 0. The Labute approximate surface area is 84.0 Å². The minimum Gasteiger partial charge on any atom is -0.388 e. The third kappa shape index (κ3) is 6.53. The fraction of sp³-hybridized carbons (Fsp3) is 0.250. The van der Waals surface area contributed by atoms with E-state index in [0.717, 1.165) is 8.95 Å². The molecule has 0 N–H and O–H groups in total. The molecular weight excluding hydrogens is 272 g/mol. The highest BCUT2D eigenvalue weighted by Gasteiger charge is 1.84. The van der Waals surface area contributed by atoms with Gasteiger partial charge in [-0.3, -0.25) is 0 Å². The Morgan fingerprint density at radius 3 is 1.64 bits per heavy atom. The lowest BCUT2D eigenvalue weighted by atomic mass is 10.4. The monoisotopic (exact) mass is 280 g/mol. The van der Waals surface area contributed by atoms with Crippen LogP contribution in [0.2, 0.25) is 0 Å². The van der Waals surface area contributed by atoms with Gasteiger partial charge in [-0.15, -0.1) is 0 Å². The number of ether oxygens (including phenoxy) is 1. The van der Waals surface area contributed by atoms with Gasteiger partial charge in [0, 0.05) is 23.2 Å². The van der Waals surface area contributed by atoms with Gasteiger partial charge in [-0.25, -0.2) is 0 Å². The summed E-state index contributed by atoms with van der Waals surface area (Å²) in [6, 6.07) is 7.96. The summed E-state index contributed by atoms with van der Waals surface area (Å²) in [5, 5.41) is 0. The maximum absolute atomic E-state index is 4.25. The summed E-state index contributed by atoms with van der Waals surface area (Å²) in [5.41, 5.74) is 0. The molecule has 0 aromatic heterocycles. The molecule has 62 valence electrons. The van der Waals surface area contributed by atoms with Crippen molar-refractivity contribution in [2.45, 2.75) is 0 Å². The van der Waals surface area contributed by atoms with E-state index in [1.54, 1.807) is 14.2 Å². The first kappa shape index (κ1) is 11.1.